The van der Waals surface area contributed by atoms with Crippen LogP contribution in [-0.2, 0) is 6.54 Å². The molecule has 4 nitrogen and oxygen atoms in total. The second-order valence-corrected chi connectivity index (χ2v) is 2.63. The first-order chi connectivity index (χ1) is 6.42. The Kier molecular flexibility index (Phi) is 2.06. The normalized spacial score (nSPS) is 10.2. The van der Waals surface area contributed by atoms with Gasteiger partial charge in [-0.15, -0.1) is 0 Å². The van der Waals surface area contributed by atoms with Crippen LogP contribution in [0.5, 0.6) is 0 Å². The summed E-state index contributed by atoms with van der Waals surface area (Å²) in [6, 6.07) is 9.80. The molecule has 2 aromatic rings. The maximum atomic E-state index is 5.51. The van der Waals surface area contributed by atoms with E-state index < -0.39 is 0 Å². The van der Waals surface area contributed by atoms with Gasteiger partial charge in [0.05, 0.1) is 12.2 Å². The highest BCUT2D eigenvalue weighted by molar-refractivity contribution is 5.30. The molecule has 4 heteroatoms. The van der Waals surface area contributed by atoms with E-state index in [4.69, 9.17) is 5.73 Å². The van der Waals surface area contributed by atoms with Crippen molar-refractivity contribution in [3.8, 4) is 5.69 Å². The fourth-order valence-electron chi connectivity index (χ4n) is 1.19. The molecule has 0 aliphatic carbocycles. The molecule has 0 radical (unpaired) electrons. The maximum absolute atomic E-state index is 5.51. The standard InChI is InChI=1S/C9H10N4/c10-6-9-11-7-12-13(9)8-4-2-1-3-5-8/h1-5,7H,6,10H2. The monoisotopic (exact) mass is 174 g/mol. The van der Waals surface area contributed by atoms with E-state index in [1.807, 2.05) is 30.3 Å². The predicted octanol–water partition coefficient (Wildman–Crippen LogP) is 0.726. The molecular weight excluding hydrogens is 164 g/mol. The van der Waals surface area contributed by atoms with Gasteiger partial charge in [0, 0.05) is 0 Å². The lowest BCUT2D eigenvalue weighted by molar-refractivity contribution is 0.790. The van der Waals surface area contributed by atoms with Crippen LogP contribution in [0.3, 0.4) is 0 Å². The van der Waals surface area contributed by atoms with Crippen molar-refractivity contribution >= 4 is 0 Å². The van der Waals surface area contributed by atoms with Crippen LogP contribution in [0, 0.1) is 0 Å². The van der Waals surface area contributed by atoms with Gasteiger partial charge in [-0.25, -0.2) is 9.67 Å². The summed E-state index contributed by atoms with van der Waals surface area (Å²) in [7, 11) is 0. The molecule has 0 aliphatic rings. The van der Waals surface area contributed by atoms with Gasteiger partial charge < -0.3 is 5.73 Å². The van der Waals surface area contributed by atoms with Crippen LogP contribution >= 0.6 is 0 Å². The van der Waals surface area contributed by atoms with Crippen molar-refractivity contribution in [1.82, 2.24) is 14.8 Å². The molecule has 0 atom stereocenters. The van der Waals surface area contributed by atoms with E-state index in [-0.39, 0.29) is 0 Å². The quantitative estimate of drug-likeness (QED) is 0.730. The summed E-state index contributed by atoms with van der Waals surface area (Å²) in [5.74, 6) is 0.770. The van der Waals surface area contributed by atoms with E-state index in [0.717, 1.165) is 11.5 Å². The van der Waals surface area contributed by atoms with Crippen LogP contribution < -0.4 is 5.73 Å². The number of nitrogens with zero attached hydrogens (tertiary/aromatic N) is 3. The van der Waals surface area contributed by atoms with Crippen molar-refractivity contribution in [2.75, 3.05) is 0 Å². The molecule has 1 aromatic carbocycles. The van der Waals surface area contributed by atoms with Gasteiger partial charge in [0.25, 0.3) is 0 Å². The first-order valence-corrected chi connectivity index (χ1v) is 4.06. The highest BCUT2D eigenvalue weighted by atomic mass is 15.3. The third-order valence-corrected chi connectivity index (χ3v) is 1.80. The van der Waals surface area contributed by atoms with Crippen molar-refractivity contribution in [1.29, 1.82) is 0 Å². The molecule has 0 saturated heterocycles. The highest BCUT2D eigenvalue weighted by Gasteiger charge is 2.02. The van der Waals surface area contributed by atoms with E-state index in [2.05, 4.69) is 10.1 Å². The summed E-state index contributed by atoms with van der Waals surface area (Å²) in [6.07, 6.45) is 1.51. The van der Waals surface area contributed by atoms with Crippen LogP contribution in [0.25, 0.3) is 5.69 Å². The molecule has 2 N–H and O–H groups in total. The van der Waals surface area contributed by atoms with Crippen molar-refractivity contribution in [3.63, 3.8) is 0 Å². The van der Waals surface area contributed by atoms with Gasteiger partial charge in [-0.1, -0.05) is 18.2 Å². The Labute approximate surface area is 76.0 Å². The Morgan fingerprint density at radius 3 is 2.69 bits per heavy atom. The molecule has 0 bridgehead atoms. The predicted molar refractivity (Wildman–Crippen MR) is 49.3 cm³/mol. The third-order valence-electron chi connectivity index (χ3n) is 1.80. The fourth-order valence-corrected chi connectivity index (χ4v) is 1.19. The topological polar surface area (TPSA) is 56.7 Å². The first-order valence-electron chi connectivity index (χ1n) is 4.06. The Balaban J connectivity index is 2.47. The smallest absolute Gasteiger partial charge is 0.145 e. The fraction of sp³-hybridized carbons (Fsp3) is 0.111. The summed E-state index contributed by atoms with van der Waals surface area (Å²) in [5.41, 5.74) is 6.50. The SMILES string of the molecule is NCc1ncnn1-c1ccccc1. The number of hydrogen-bond donors (Lipinski definition) is 1. The Morgan fingerprint density at radius 1 is 1.23 bits per heavy atom. The molecule has 13 heavy (non-hydrogen) atoms. The molecule has 1 heterocycles. The minimum atomic E-state index is 0.398. The van der Waals surface area contributed by atoms with Gasteiger partial charge in [-0.05, 0) is 12.1 Å². The highest BCUT2D eigenvalue weighted by Crippen LogP contribution is 2.06. The van der Waals surface area contributed by atoms with E-state index >= 15 is 0 Å². The molecule has 1 aromatic heterocycles. The Bertz CT molecular complexity index is 380. The van der Waals surface area contributed by atoms with E-state index in [1.165, 1.54) is 6.33 Å². The molecule has 0 fully saturated rings. The molecular formula is C9H10N4. The van der Waals surface area contributed by atoms with Gasteiger partial charge in [0.2, 0.25) is 0 Å². The van der Waals surface area contributed by atoms with Crippen molar-refractivity contribution < 1.29 is 0 Å². The molecule has 0 amide bonds. The van der Waals surface area contributed by atoms with Crippen LogP contribution in [0.15, 0.2) is 36.7 Å². The number of rotatable bonds is 2. The molecule has 0 spiro atoms. The zero-order valence-electron chi connectivity index (χ0n) is 7.09. The second-order valence-electron chi connectivity index (χ2n) is 2.63. The maximum Gasteiger partial charge on any atom is 0.145 e. The molecule has 0 unspecified atom stereocenters. The lowest BCUT2D eigenvalue weighted by Crippen LogP contribution is -2.07. The summed E-state index contributed by atoms with van der Waals surface area (Å²) in [6.45, 7) is 0.398. The van der Waals surface area contributed by atoms with Gasteiger partial charge in [-0.3, -0.25) is 0 Å². The van der Waals surface area contributed by atoms with Gasteiger partial charge >= 0.3 is 0 Å². The number of nitrogens with two attached hydrogens (primary N) is 1. The number of benzene rings is 1. The number of para-hydroxylation sites is 1. The Morgan fingerprint density at radius 2 is 2.00 bits per heavy atom. The van der Waals surface area contributed by atoms with E-state index in [1.54, 1.807) is 4.68 Å². The van der Waals surface area contributed by atoms with E-state index in [9.17, 15) is 0 Å². The largest absolute Gasteiger partial charge is 0.324 e. The minimum Gasteiger partial charge on any atom is -0.324 e. The average molecular weight is 174 g/mol. The summed E-state index contributed by atoms with van der Waals surface area (Å²) < 4.78 is 1.74. The van der Waals surface area contributed by atoms with Crippen molar-refractivity contribution in [3.05, 3.63) is 42.5 Å². The number of hydrogen-bond acceptors (Lipinski definition) is 3. The Hall–Kier alpha value is -1.68. The first kappa shape index (κ1) is 7.94. The number of aromatic nitrogens is 3. The zero-order chi connectivity index (χ0) is 9.10. The lowest BCUT2D eigenvalue weighted by atomic mass is 10.3. The summed E-state index contributed by atoms with van der Waals surface area (Å²) >= 11 is 0. The van der Waals surface area contributed by atoms with Gasteiger partial charge in [0.15, 0.2) is 0 Å². The van der Waals surface area contributed by atoms with Gasteiger partial charge in [-0.2, -0.15) is 5.10 Å². The zero-order valence-corrected chi connectivity index (χ0v) is 7.09. The second kappa shape index (κ2) is 3.37. The van der Waals surface area contributed by atoms with Crippen LogP contribution in [0.4, 0.5) is 0 Å². The van der Waals surface area contributed by atoms with Crippen LogP contribution in [0.1, 0.15) is 5.82 Å². The third kappa shape index (κ3) is 1.43. The van der Waals surface area contributed by atoms with Crippen molar-refractivity contribution in [2.45, 2.75) is 6.54 Å². The van der Waals surface area contributed by atoms with Gasteiger partial charge in [0.1, 0.15) is 12.2 Å². The molecule has 66 valence electrons. The summed E-state index contributed by atoms with van der Waals surface area (Å²) in [4.78, 5) is 4.04. The summed E-state index contributed by atoms with van der Waals surface area (Å²) in [5, 5.41) is 4.08. The van der Waals surface area contributed by atoms with Crippen LogP contribution in [-0.4, -0.2) is 14.8 Å². The van der Waals surface area contributed by atoms with E-state index in [0.29, 0.717) is 6.54 Å². The van der Waals surface area contributed by atoms with Crippen LogP contribution in [0.2, 0.25) is 0 Å². The molecule has 2 rings (SSSR count). The average Bonchev–Trinajstić information content (AvgIpc) is 2.67. The minimum absolute atomic E-state index is 0.398. The molecule has 0 saturated carbocycles. The lowest BCUT2D eigenvalue weighted by Gasteiger charge is -2.02. The van der Waals surface area contributed by atoms with Crippen molar-refractivity contribution in [2.24, 2.45) is 5.73 Å². The molecule has 0 aliphatic heterocycles.